The second kappa shape index (κ2) is 3.74. The second-order valence-electron chi connectivity index (χ2n) is 4.20. The van der Waals surface area contributed by atoms with Gasteiger partial charge in [-0.2, -0.15) is 0 Å². The van der Waals surface area contributed by atoms with E-state index in [0.29, 0.717) is 11.1 Å². The smallest absolute Gasteiger partial charge is 0.224 e. The van der Waals surface area contributed by atoms with Crippen LogP contribution in [-0.2, 0) is 14.3 Å². The van der Waals surface area contributed by atoms with E-state index in [2.05, 4.69) is 0 Å². The number of carbonyl (C=O) groups excluding carboxylic acids is 2. The van der Waals surface area contributed by atoms with Crippen LogP contribution in [0, 0.1) is 11.8 Å². The lowest BCUT2D eigenvalue weighted by atomic mass is 9.76. The summed E-state index contributed by atoms with van der Waals surface area (Å²) in [6.07, 6.45) is 5.23. The van der Waals surface area contributed by atoms with Gasteiger partial charge in [0.05, 0.1) is 7.11 Å². The van der Waals surface area contributed by atoms with E-state index in [0.717, 1.165) is 0 Å². The molecule has 0 aromatic rings. The van der Waals surface area contributed by atoms with Crippen LogP contribution in [0.25, 0.3) is 0 Å². The molecule has 3 heteroatoms. The summed E-state index contributed by atoms with van der Waals surface area (Å²) in [5.74, 6) is -0.104. The van der Waals surface area contributed by atoms with Crippen LogP contribution < -0.4 is 0 Å². The van der Waals surface area contributed by atoms with Crippen LogP contribution in [0.2, 0.25) is 0 Å². The zero-order chi connectivity index (χ0) is 11.9. The molecule has 2 rings (SSSR count). The molecule has 0 aromatic heterocycles. The van der Waals surface area contributed by atoms with E-state index >= 15 is 0 Å². The number of ketones is 2. The van der Waals surface area contributed by atoms with Crippen LogP contribution in [0.3, 0.4) is 0 Å². The second-order valence-corrected chi connectivity index (χ2v) is 4.20. The summed E-state index contributed by atoms with van der Waals surface area (Å²) in [6, 6.07) is 0. The minimum atomic E-state index is -0.152. The maximum Gasteiger partial charge on any atom is 0.224 e. The standard InChI is InChI=1S/C13H14O3/c1-7-4-5-8(2)12-11(7)9(14)6-10(16-3)13(12)15/h4-8H,1-3H3/t7-,8+/m0/s1. The van der Waals surface area contributed by atoms with Crippen molar-refractivity contribution in [3.63, 3.8) is 0 Å². The van der Waals surface area contributed by atoms with Gasteiger partial charge < -0.3 is 4.74 Å². The maximum atomic E-state index is 12.1. The molecule has 0 saturated carbocycles. The van der Waals surface area contributed by atoms with Crippen molar-refractivity contribution < 1.29 is 14.3 Å². The molecule has 0 unspecified atom stereocenters. The highest BCUT2D eigenvalue weighted by atomic mass is 16.5. The molecular formula is C13H14O3. The molecule has 2 atom stereocenters. The molecule has 84 valence electrons. The third kappa shape index (κ3) is 1.43. The first-order valence-electron chi connectivity index (χ1n) is 5.33. The lowest BCUT2D eigenvalue weighted by Crippen LogP contribution is -2.28. The number of allylic oxidation sites excluding steroid dienone is 5. The van der Waals surface area contributed by atoms with Gasteiger partial charge in [0.25, 0.3) is 0 Å². The highest BCUT2D eigenvalue weighted by Gasteiger charge is 2.35. The first-order valence-corrected chi connectivity index (χ1v) is 5.33. The van der Waals surface area contributed by atoms with Gasteiger partial charge in [-0.25, -0.2) is 0 Å². The van der Waals surface area contributed by atoms with E-state index in [1.807, 2.05) is 26.0 Å². The van der Waals surface area contributed by atoms with Crippen molar-refractivity contribution in [3.8, 4) is 0 Å². The van der Waals surface area contributed by atoms with Crippen molar-refractivity contribution in [2.24, 2.45) is 11.8 Å². The molecule has 0 radical (unpaired) electrons. The lowest BCUT2D eigenvalue weighted by molar-refractivity contribution is -0.118. The predicted molar refractivity (Wildman–Crippen MR) is 59.6 cm³/mol. The molecule has 3 nitrogen and oxygen atoms in total. The van der Waals surface area contributed by atoms with E-state index in [1.54, 1.807) is 0 Å². The Morgan fingerprint density at radius 2 is 1.62 bits per heavy atom. The fourth-order valence-corrected chi connectivity index (χ4v) is 2.25. The fraction of sp³-hybridized carbons (Fsp3) is 0.385. The van der Waals surface area contributed by atoms with Crippen LogP contribution in [0.15, 0.2) is 35.1 Å². The number of carbonyl (C=O) groups is 2. The van der Waals surface area contributed by atoms with Crippen LogP contribution in [0.4, 0.5) is 0 Å². The third-order valence-electron chi connectivity index (χ3n) is 3.11. The predicted octanol–water partition coefficient (Wildman–Crippen LogP) is 1.81. The third-order valence-corrected chi connectivity index (χ3v) is 3.11. The molecule has 0 aliphatic heterocycles. The van der Waals surface area contributed by atoms with Crippen LogP contribution >= 0.6 is 0 Å². The van der Waals surface area contributed by atoms with Crippen molar-refractivity contribution in [2.75, 3.05) is 7.11 Å². The Bertz CT molecular complexity index is 452. The molecule has 16 heavy (non-hydrogen) atoms. The molecule has 0 saturated heterocycles. The molecular weight excluding hydrogens is 204 g/mol. The summed E-state index contributed by atoms with van der Waals surface area (Å²) >= 11 is 0. The highest BCUT2D eigenvalue weighted by molar-refractivity contribution is 6.22. The highest BCUT2D eigenvalue weighted by Crippen LogP contribution is 2.34. The summed E-state index contributed by atoms with van der Waals surface area (Å²) < 4.78 is 4.94. The molecule has 0 bridgehead atoms. The minimum Gasteiger partial charge on any atom is -0.493 e. The Kier molecular flexibility index (Phi) is 2.54. The van der Waals surface area contributed by atoms with E-state index in [1.165, 1.54) is 13.2 Å². The average Bonchev–Trinajstić information content (AvgIpc) is 2.26. The number of hydrogen-bond donors (Lipinski definition) is 0. The number of methoxy groups -OCH3 is 1. The van der Waals surface area contributed by atoms with Crippen LogP contribution in [0.1, 0.15) is 13.8 Å². The fourth-order valence-electron chi connectivity index (χ4n) is 2.25. The van der Waals surface area contributed by atoms with E-state index in [4.69, 9.17) is 4.74 Å². The van der Waals surface area contributed by atoms with Gasteiger partial charge in [-0.3, -0.25) is 9.59 Å². The van der Waals surface area contributed by atoms with Crippen LogP contribution in [0.5, 0.6) is 0 Å². The number of rotatable bonds is 1. The van der Waals surface area contributed by atoms with Crippen molar-refractivity contribution >= 4 is 11.6 Å². The maximum absolute atomic E-state index is 12.1. The summed E-state index contributed by atoms with van der Waals surface area (Å²) in [6.45, 7) is 3.84. The number of ether oxygens (including phenoxy) is 1. The first kappa shape index (κ1) is 10.9. The zero-order valence-corrected chi connectivity index (χ0v) is 9.61. The van der Waals surface area contributed by atoms with Crippen molar-refractivity contribution in [3.05, 3.63) is 35.1 Å². The summed E-state index contributed by atoms with van der Waals surface area (Å²) in [4.78, 5) is 24.0. The SMILES string of the molecule is COC1=CC(=O)C2=C(C1=O)[C@H](C)C=C[C@@H]2C. The zero-order valence-electron chi connectivity index (χ0n) is 9.61. The van der Waals surface area contributed by atoms with Crippen molar-refractivity contribution in [2.45, 2.75) is 13.8 Å². The topological polar surface area (TPSA) is 43.4 Å². The monoisotopic (exact) mass is 218 g/mol. The van der Waals surface area contributed by atoms with Crippen molar-refractivity contribution in [1.29, 1.82) is 0 Å². The van der Waals surface area contributed by atoms with E-state index in [9.17, 15) is 9.59 Å². The largest absolute Gasteiger partial charge is 0.493 e. The number of hydrogen-bond acceptors (Lipinski definition) is 3. The molecule has 0 aromatic carbocycles. The van der Waals surface area contributed by atoms with Gasteiger partial charge in [-0.15, -0.1) is 0 Å². The molecule has 0 fully saturated rings. The van der Waals surface area contributed by atoms with E-state index in [-0.39, 0.29) is 29.2 Å². The van der Waals surface area contributed by atoms with Crippen molar-refractivity contribution in [1.82, 2.24) is 0 Å². The number of Topliss-reactive ketones (excluding diaryl/α,β-unsaturated/α-hetero) is 1. The Morgan fingerprint density at radius 3 is 2.19 bits per heavy atom. The summed E-state index contributed by atoms with van der Waals surface area (Å²) in [5, 5.41) is 0. The summed E-state index contributed by atoms with van der Waals surface area (Å²) in [5.41, 5.74) is 1.22. The van der Waals surface area contributed by atoms with Gasteiger partial charge in [-0.05, 0) is 0 Å². The molecule has 0 amide bonds. The van der Waals surface area contributed by atoms with Gasteiger partial charge >= 0.3 is 0 Å². The molecule has 0 heterocycles. The van der Waals surface area contributed by atoms with E-state index < -0.39 is 0 Å². The Hall–Kier alpha value is -1.64. The van der Waals surface area contributed by atoms with Crippen LogP contribution in [-0.4, -0.2) is 18.7 Å². The molecule has 2 aliphatic rings. The average molecular weight is 218 g/mol. The quantitative estimate of drug-likeness (QED) is 0.498. The van der Waals surface area contributed by atoms with Gasteiger partial charge in [0, 0.05) is 29.1 Å². The van der Waals surface area contributed by atoms with Gasteiger partial charge in [-0.1, -0.05) is 26.0 Å². The lowest BCUT2D eigenvalue weighted by Gasteiger charge is -2.27. The summed E-state index contributed by atoms with van der Waals surface area (Å²) in [7, 11) is 1.41. The Balaban J connectivity index is 2.53. The molecule has 0 N–H and O–H groups in total. The minimum absolute atomic E-state index is 0.0114. The van der Waals surface area contributed by atoms with Gasteiger partial charge in [0.1, 0.15) is 0 Å². The van der Waals surface area contributed by atoms with Gasteiger partial charge in [0.15, 0.2) is 11.5 Å². The molecule has 0 spiro atoms. The normalized spacial score (nSPS) is 29.1. The van der Waals surface area contributed by atoms with Gasteiger partial charge in [0.2, 0.25) is 5.78 Å². The first-order chi connectivity index (χ1) is 7.56. The molecule has 2 aliphatic carbocycles. The Morgan fingerprint density at radius 1 is 1.06 bits per heavy atom. The Labute approximate surface area is 94.5 Å².